The molecular formula is C24H19N3O2. The molecule has 5 nitrogen and oxygen atoms in total. The first-order valence-electron chi connectivity index (χ1n) is 9.33. The van der Waals surface area contributed by atoms with E-state index in [2.05, 4.69) is 22.1 Å². The van der Waals surface area contributed by atoms with Crippen molar-refractivity contribution >= 4 is 28.2 Å². The molecule has 0 aliphatic carbocycles. The molecule has 1 heterocycles. The average Bonchev–Trinajstić information content (AvgIpc) is 2.78. The summed E-state index contributed by atoms with van der Waals surface area (Å²) >= 11 is 0. The number of carbonyl (C=O) groups excluding carboxylic acids is 2. The van der Waals surface area contributed by atoms with Crippen molar-refractivity contribution in [2.24, 2.45) is 0 Å². The molecule has 0 atom stereocenters. The van der Waals surface area contributed by atoms with E-state index in [0.717, 1.165) is 22.0 Å². The van der Waals surface area contributed by atoms with Crippen LogP contribution in [0.15, 0.2) is 91.4 Å². The fraction of sp³-hybridized carbons (Fsp3) is 0.0833. The molecule has 0 saturated carbocycles. The number of benzene rings is 3. The van der Waals surface area contributed by atoms with Gasteiger partial charge in [-0.1, -0.05) is 54.6 Å². The Bertz CT molecular complexity index is 1140. The SMILES string of the molecule is O=C(CC(=O)N(Cc1ccc2ccccc2c1)c1ccccc1)c1cnccn1. The van der Waals surface area contributed by atoms with Crippen molar-refractivity contribution in [2.45, 2.75) is 13.0 Å². The predicted octanol–water partition coefficient (Wildman–Crippen LogP) is 4.44. The van der Waals surface area contributed by atoms with Crippen LogP contribution in [0.4, 0.5) is 5.69 Å². The Morgan fingerprint density at radius 2 is 1.59 bits per heavy atom. The van der Waals surface area contributed by atoms with E-state index in [1.807, 2.05) is 60.7 Å². The molecule has 1 amide bonds. The van der Waals surface area contributed by atoms with Crippen LogP contribution in [0.5, 0.6) is 0 Å². The number of rotatable bonds is 6. The van der Waals surface area contributed by atoms with Crippen molar-refractivity contribution in [3.8, 4) is 0 Å². The van der Waals surface area contributed by atoms with E-state index in [-0.39, 0.29) is 23.8 Å². The lowest BCUT2D eigenvalue weighted by Gasteiger charge is -2.23. The van der Waals surface area contributed by atoms with E-state index in [9.17, 15) is 9.59 Å². The number of fused-ring (bicyclic) bond motifs is 1. The summed E-state index contributed by atoms with van der Waals surface area (Å²) in [5.41, 5.74) is 1.94. The molecular weight excluding hydrogens is 362 g/mol. The summed E-state index contributed by atoms with van der Waals surface area (Å²) < 4.78 is 0. The van der Waals surface area contributed by atoms with Crippen molar-refractivity contribution < 1.29 is 9.59 Å². The molecule has 0 saturated heterocycles. The second-order valence-corrected chi connectivity index (χ2v) is 6.69. The van der Waals surface area contributed by atoms with Gasteiger partial charge in [0, 0.05) is 18.1 Å². The van der Waals surface area contributed by atoms with Crippen molar-refractivity contribution in [3.05, 3.63) is 103 Å². The highest BCUT2D eigenvalue weighted by molar-refractivity contribution is 6.11. The van der Waals surface area contributed by atoms with Crippen LogP contribution in [-0.2, 0) is 11.3 Å². The minimum atomic E-state index is -0.345. The quantitative estimate of drug-likeness (QED) is 0.366. The first kappa shape index (κ1) is 18.5. The van der Waals surface area contributed by atoms with Crippen molar-refractivity contribution in [1.82, 2.24) is 9.97 Å². The zero-order valence-electron chi connectivity index (χ0n) is 15.7. The molecule has 1 aromatic heterocycles. The maximum absolute atomic E-state index is 13.1. The zero-order valence-corrected chi connectivity index (χ0v) is 15.7. The summed E-state index contributed by atoms with van der Waals surface area (Å²) in [5.74, 6) is -0.623. The molecule has 0 bridgehead atoms. The van der Waals surface area contributed by atoms with Gasteiger partial charge in [0.25, 0.3) is 0 Å². The second-order valence-electron chi connectivity index (χ2n) is 6.69. The molecule has 0 radical (unpaired) electrons. The van der Waals surface area contributed by atoms with Gasteiger partial charge in [0.1, 0.15) is 5.69 Å². The third-order valence-electron chi connectivity index (χ3n) is 4.68. The summed E-state index contributed by atoms with van der Waals surface area (Å²) in [4.78, 5) is 35.1. The van der Waals surface area contributed by atoms with E-state index in [1.54, 1.807) is 4.90 Å². The first-order chi connectivity index (χ1) is 14.2. The molecule has 3 aromatic carbocycles. The van der Waals surface area contributed by atoms with Crippen molar-refractivity contribution in [3.63, 3.8) is 0 Å². The van der Waals surface area contributed by atoms with Gasteiger partial charge in [-0.3, -0.25) is 14.6 Å². The smallest absolute Gasteiger partial charge is 0.235 e. The normalized spacial score (nSPS) is 10.6. The number of hydrogen-bond acceptors (Lipinski definition) is 4. The van der Waals surface area contributed by atoms with Crippen LogP contribution in [0, 0.1) is 0 Å². The van der Waals surface area contributed by atoms with Gasteiger partial charge in [-0.15, -0.1) is 0 Å². The lowest BCUT2D eigenvalue weighted by Crippen LogP contribution is -2.32. The Labute approximate surface area is 168 Å². The monoisotopic (exact) mass is 381 g/mol. The second kappa shape index (κ2) is 8.44. The molecule has 0 N–H and O–H groups in total. The average molecular weight is 381 g/mol. The largest absolute Gasteiger partial charge is 0.308 e. The standard InChI is InChI=1S/C24H19N3O2/c28-23(22-16-25-12-13-26-22)15-24(29)27(21-8-2-1-3-9-21)17-18-10-11-19-6-4-5-7-20(19)14-18/h1-14,16H,15,17H2. The number of aromatic nitrogens is 2. The molecule has 0 aliphatic heterocycles. The highest BCUT2D eigenvalue weighted by Gasteiger charge is 2.21. The van der Waals surface area contributed by atoms with Crippen LogP contribution < -0.4 is 4.90 Å². The Morgan fingerprint density at radius 1 is 0.828 bits per heavy atom. The van der Waals surface area contributed by atoms with Gasteiger partial charge in [0.05, 0.1) is 19.2 Å². The Kier molecular flexibility index (Phi) is 5.38. The molecule has 0 spiro atoms. The van der Waals surface area contributed by atoms with Gasteiger partial charge in [-0.25, -0.2) is 4.98 Å². The van der Waals surface area contributed by atoms with Gasteiger partial charge in [0.15, 0.2) is 5.78 Å². The number of amides is 1. The maximum Gasteiger partial charge on any atom is 0.235 e. The zero-order chi connectivity index (χ0) is 20.1. The van der Waals surface area contributed by atoms with E-state index in [4.69, 9.17) is 0 Å². The molecule has 4 rings (SSSR count). The van der Waals surface area contributed by atoms with Crippen LogP contribution in [0.1, 0.15) is 22.5 Å². The summed E-state index contributed by atoms with van der Waals surface area (Å²) in [6.45, 7) is 0.376. The number of hydrogen-bond donors (Lipinski definition) is 0. The molecule has 29 heavy (non-hydrogen) atoms. The lowest BCUT2D eigenvalue weighted by molar-refractivity contribution is -0.117. The Hall–Kier alpha value is -3.86. The van der Waals surface area contributed by atoms with Crippen LogP contribution in [0.25, 0.3) is 10.8 Å². The van der Waals surface area contributed by atoms with Crippen molar-refractivity contribution in [2.75, 3.05) is 4.90 Å². The molecule has 5 heteroatoms. The third-order valence-corrected chi connectivity index (χ3v) is 4.68. The first-order valence-corrected chi connectivity index (χ1v) is 9.33. The van der Waals surface area contributed by atoms with Gasteiger partial charge < -0.3 is 4.90 Å². The van der Waals surface area contributed by atoms with Gasteiger partial charge in [-0.05, 0) is 34.5 Å². The minimum absolute atomic E-state index is 0.194. The summed E-state index contributed by atoms with van der Waals surface area (Å²) in [5, 5.41) is 2.26. The number of anilines is 1. The number of Topliss-reactive ketones (excluding diaryl/α,β-unsaturated/α-hetero) is 1. The minimum Gasteiger partial charge on any atom is -0.308 e. The number of nitrogens with zero attached hydrogens (tertiary/aromatic N) is 3. The lowest BCUT2D eigenvalue weighted by atomic mass is 10.1. The fourth-order valence-electron chi connectivity index (χ4n) is 3.22. The third kappa shape index (κ3) is 4.35. The van der Waals surface area contributed by atoms with E-state index >= 15 is 0 Å². The van der Waals surface area contributed by atoms with Crippen molar-refractivity contribution in [1.29, 1.82) is 0 Å². The number of para-hydroxylation sites is 1. The highest BCUT2D eigenvalue weighted by Crippen LogP contribution is 2.21. The Balaban J connectivity index is 1.61. The van der Waals surface area contributed by atoms with Gasteiger partial charge in [0.2, 0.25) is 5.91 Å². The molecule has 0 fully saturated rings. The molecule has 142 valence electrons. The summed E-state index contributed by atoms with van der Waals surface area (Å²) in [6, 6.07) is 23.6. The summed E-state index contributed by atoms with van der Waals surface area (Å²) in [7, 11) is 0. The highest BCUT2D eigenvalue weighted by atomic mass is 16.2. The van der Waals surface area contributed by atoms with Crippen LogP contribution >= 0.6 is 0 Å². The van der Waals surface area contributed by atoms with Crippen LogP contribution in [0.3, 0.4) is 0 Å². The fourth-order valence-corrected chi connectivity index (χ4v) is 3.22. The number of carbonyl (C=O) groups is 2. The number of ketones is 1. The molecule has 0 aliphatic rings. The molecule has 0 unspecified atom stereocenters. The van der Waals surface area contributed by atoms with Gasteiger partial charge >= 0.3 is 0 Å². The van der Waals surface area contributed by atoms with Crippen LogP contribution in [0.2, 0.25) is 0 Å². The van der Waals surface area contributed by atoms with E-state index in [1.165, 1.54) is 18.6 Å². The van der Waals surface area contributed by atoms with Gasteiger partial charge in [-0.2, -0.15) is 0 Å². The maximum atomic E-state index is 13.1. The van der Waals surface area contributed by atoms with E-state index in [0.29, 0.717) is 6.54 Å². The molecule has 4 aromatic rings. The summed E-state index contributed by atoms with van der Waals surface area (Å²) in [6.07, 6.45) is 4.06. The Morgan fingerprint density at radius 3 is 2.34 bits per heavy atom. The van der Waals surface area contributed by atoms with E-state index < -0.39 is 0 Å². The van der Waals surface area contributed by atoms with Crippen LogP contribution in [-0.4, -0.2) is 21.7 Å². The predicted molar refractivity (Wildman–Crippen MR) is 113 cm³/mol. The topological polar surface area (TPSA) is 63.2 Å².